The lowest BCUT2D eigenvalue weighted by Crippen LogP contribution is -2.49. The van der Waals surface area contributed by atoms with Gasteiger partial charge in [-0.05, 0) is 36.4 Å². The Morgan fingerprint density at radius 3 is 2.60 bits per heavy atom. The van der Waals surface area contributed by atoms with Crippen LogP contribution in [0.15, 0.2) is 53.1 Å². The van der Waals surface area contributed by atoms with Gasteiger partial charge in [0, 0.05) is 26.2 Å². The summed E-state index contributed by atoms with van der Waals surface area (Å²) in [7, 11) is 0. The van der Waals surface area contributed by atoms with Crippen LogP contribution in [0.25, 0.3) is 17.2 Å². The minimum atomic E-state index is -0.611. The third-order valence-electron chi connectivity index (χ3n) is 5.06. The number of halogens is 2. The fourth-order valence-electron chi connectivity index (χ4n) is 3.51. The van der Waals surface area contributed by atoms with Gasteiger partial charge in [-0.2, -0.15) is 4.52 Å². The van der Waals surface area contributed by atoms with Crippen LogP contribution in [-0.4, -0.2) is 56.8 Å². The molecular weight excluding hydrogens is 411 g/mol. The lowest BCUT2D eigenvalue weighted by atomic mass is 10.1. The molecule has 0 aliphatic carbocycles. The van der Waals surface area contributed by atoms with Crippen LogP contribution in [-0.2, 0) is 0 Å². The number of anilines is 1. The second kappa shape index (κ2) is 7.42. The van der Waals surface area contributed by atoms with Crippen LogP contribution in [0.1, 0.15) is 10.4 Å². The van der Waals surface area contributed by atoms with Crippen molar-refractivity contribution in [2.75, 3.05) is 31.1 Å². The van der Waals surface area contributed by atoms with Crippen molar-refractivity contribution in [2.24, 2.45) is 0 Å². The lowest BCUT2D eigenvalue weighted by Gasteiger charge is -2.35. The first-order valence-corrected chi connectivity index (χ1v) is 9.74. The lowest BCUT2D eigenvalue weighted by molar-refractivity contribution is 0.0742. The van der Waals surface area contributed by atoms with E-state index in [4.69, 9.17) is 16.0 Å². The van der Waals surface area contributed by atoms with Gasteiger partial charge in [-0.15, -0.1) is 15.3 Å². The van der Waals surface area contributed by atoms with Gasteiger partial charge in [-0.3, -0.25) is 4.79 Å². The molecule has 0 spiro atoms. The van der Waals surface area contributed by atoms with Crippen LogP contribution in [0.5, 0.6) is 0 Å². The molecular formula is C20H16ClFN6O2. The van der Waals surface area contributed by atoms with Crippen molar-refractivity contribution >= 4 is 29.0 Å². The number of rotatable bonds is 3. The number of hydrogen-bond acceptors (Lipinski definition) is 6. The van der Waals surface area contributed by atoms with Crippen molar-refractivity contribution in [1.82, 2.24) is 24.7 Å². The van der Waals surface area contributed by atoms with E-state index < -0.39 is 11.7 Å². The number of carbonyl (C=O) groups excluding carboxylic acids is 1. The molecule has 10 heteroatoms. The zero-order chi connectivity index (χ0) is 20.7. The third-order valence-corrected chi connectivity index (χ3v) is 5.37. The van der Waals surface area contributed by atoms with E-state index in [1.165, 1.54) is 18.2 Å². The van der Waals surface area contributed by atoms with Crippen molar-refractivity contribution < 1.29 is 13.6 Å². The molecule has 5 rings (SSSR count). The highest BCUT2D eigenvalue weighted by molar-refractivity contribution is 6.33. The van der Waals surface area contributed by atoms with Crippen LogP contribution >= 0.6 is 11.6 Å². The third kappa shape index (κ3) is 3.17. The average Bonchev–Trinajstić information content (AvgIpc) is 3.43. The highest BCUT2D eigenvalue weighted by Gasteiger charge is 2.26. The number of furan rings is 1. The normalized spacial score (nSPS) is 14.5. The van der Waals surface area contributed by atoms with E-state index in [2.05, 4.69) is 20.2 Å². The molecule has 3 aromatic heterocycles. The van der Waals surface area contributed by atoms with Gasteiger partial charge in [0.2, 0.25) is 5.82 Å². The predicted octanol–water partition coefficient (Wildman–Crippen LogP) is 3.14. The molecule has 1 amide bonds. The maximum absolute atomic E-state index is 14.1. The zero-order valence-electron chi connectivity index (χ0n) is 15.7. The van der Waals surface area contributed by atoms with Gasteiger partial charge >= 0.3 is 0 Å². The monoisotopic (exact) mass is 426 g/mol. The quantitative estimate of drug-likeness (QED) is 0.500. The maximum Gasteiger partial charge on any atom is 0.258 e. The van der Waals surface area contributed by atoms with Crippen LogP contribution < -0.4 is 4.90 Å². The smallest absolute Gasteiger partial charge is 0.258 e. The van der Waals surface area contributed by atoms with Gasteiger partial charge in [0.1, 0.15) is 11.6 Å². The van der Waals surface area contributed by atoms with Gasteiger partial charge in [-0.1, -0.05) is 17.7 Å². The first-order valence-electron chi connectivity index (χ1n) is 9.36. The van der Waals surface area contributed by atoms with E-state index in [1.54, 1.807) is 27.8 Å². The molecule has 0 N–H and O–H groups in total. The molecule has 1 fully saturated rings. The number of piperazine rings is 1. The highest BCUT2D eigenvalue weighted by Crippen LogP contribution is 2.23. The van der Waals surface area contributed by atoms with Crippen LogP contribution in [0.3, 0.4) is 0 Å². The molecule has 1 aliphatic heterocycles. The van der Waals surface area contributed by atoms with E-state index in [1.807, 2.05) is 12.1 Å². The topological polar surface area (TPSA) is 79.8 Å². The summed E-state index contributed by atoms with van der Waals surface area (Å²) in [5, 5.41) is 13.0. The van der Waals surface area contributed by atoms with Crippen molar-refractivity contribution in [3.63, 3.8) is 0 Å². The number of fused-ring (bicyclic) bond motifs is 1. The van der Waals surface area contributed by atoms with Gasteiger partial charge in [0.15, 0.2) is 11.4 Å². The molecule has 0 bridgehead atoms. The molecule has 1 saturated heterocycles. The van der Waals surface area contributed by atoms with Crippen LogP contribution in [0.4, 0.5) is 10.2 Å². The van der Waals surface area contributed by atoms with E-state index >= 15 is 0 Å². The minimum Gasteiger partial charge on any atom is -0.461 e. The summed E-state index contributed by atoms with van der Waals surface area (Å²) in [6.45, 7) is 1.95. The number of benzene rings is 1. The van der Waals surface area contributed by atoms with Gasteiger partial charge in [0.25, 0.3) is 5.91 Å². The molecule has 4 heterocycles. The summed E-state index contributed by atoms with van der Waals surface area (Å²) in [4.78, 5) is 16.4. The molecule has 0 atom stereocenters. The van der Waals surface area contributed by atoms with Gasteiger partial charge in [0.05, 0.1) is 16.8 Å². The summed E-state index contributed by atoms with van der Waals surface area (Å²) in [6, 6.07) is 11.5. The van der Waals surface area contributed by atoms with Gasteiger partial charge in [-0.25, -0.2) is 4.39 Å². The zero-order valence-corrected chi connectivity index (χ0v) is 16.5. The molecule has 1 aromatic carbocycles. The van der Waals surface area contributed by atoms with Crippen molar-refractivity contribution in [3.05, 3.63) is 65.1 Å². The summed E-state index contributed by atoms with van der Waals surface area (Å²) < 4.78 is 21.1. The summed E-state index contributed by atoms with van der Waals surface area (Å²) in [6.07, 6.45) is 1.57. The Hall–Kier alpha value is -3.46. The number of hydrogen-bond donors (Lipinski definition) is 0. The van der Waals surface area contributed by atoms with E-state index in [0.29, 0.717) is 43.4 Å². The maximum atomic E-state index is 14.1. The van der Waals surface area contributed by atoms with Crippen molar-refractivity contribution in [2.45, 2.75) is 0 Å². The fraction of sp³-hybridized carbons (Fsp3) is 0.200. The number of amides is 1. The first-order chi connectivity index (χ1) is 14.6. The van der Waals surface area contributed by atoms with E-state index in [-0.39, 0.29) is 10.6 Å². The predicted molar refractivity (Wildman–Crippen MR) is 108 cm³/mol. The minimum absolute atomic E-state index is 0.0836. The molecule has 1 aliphatic rings. The Labute approximate surface area is 175 Å². The fourth-order valence-corrected chi connectivity index (χ4v) is 3.75. The number of aromatic nitrogens is 4. The molecule has 0 radical (unpaired) electrons. The first kappa shape index (κ1) is 18.6. The van der Waals surface area contributed by atoms with Crippen LogP contribution in [0, 0.1) is 5.82 Å². The highest BCUT2D eigenvalue weighted by atomic mass is 35.5. The Morgan fingerprint density at radius 2 is 1.87 bits per heavy atom. The second-order valence-corrected chi connectivity index (χ2v) is 7.25. The SMILES string of the molecule is O=C(c1c(F)cccc1Cl)N1CCN(c2ccc3nnc(-c4ccco4)n3n2)CC1. The molecule has 0 unspecified atom stereocenters. The summed E-state index contributed by atoms with van der Waals surface area (Å²) in [5.41, 5.74) is 0.521. The standard InChI is InChI=1S/C20H16ClFN6O2/c21-13-3-1-4-14(22)18(13)20(29)27-10-8-26(9-11-27)17-7-6-16-23-24-19(28(16)25-17)15-5-2-12-30-15/h1-7,12H,8-11H2. The van der Waals surface area contributed by atoms with Crippen LogP contribution in [0.2, 0.25) is 5.02 Å². The summed E-state index contributed by atoms with van der Waals surface area (Å²) >= 11 is 6.04. The largest absolute Gasteiger partial charge is 0.461 e. The molecule has 152 valence electrons. The Kier molecular flexibility index (Phi) is 4.59. The Morgan fingerprint density at radius 1 is 1.03 bits per heavy atom. The number of nitrogens with zero attached hydrogens (tertiary/aromatic N) is 6. The molecule has 4 aromatic rings. The molecule has 8 nitrogen and oxygen atoms in total. The van der Waals surface area contributed by atoms with Crippen molar-refractivity contribution in [1.29, 1.82) is 0 Å². The Balaban J connectivity index is 1.35. The second-order valence-electron chi connectivity index (χ2n) is 6.84. The number of carbonyl (C=O) groups is 1. The van der Waals surface area contributed by atoms with Crippen molar-refractivity contribution in [3.8, 4) is 11.6 Å². The van der Waals surface area contributed by atoms with E-state index in [9.17, 15) is 9.18 Å². The van der Waals surface area contributed by atoms with E-state index in [0.717, 1.165) is 5.82 Å². The van der Waals surface area contributed by atoms with Gasteiger partial charge < -0.3 is 14.2 Å². The molecule has 0 saturated carbocycles. The average molecular weight is 427 g/mol. The Bertz CT molecular complexity index is 1200. The summed E-state index contributed by atoms with van der Waals surface area (Å²) in [5.74, 6) is 0.801. The molecule has 30 heavy (non-hydrogen) atoms.